The zero-order valence-electron chi connectivity index (χ0n) is 21.6. The largest absolute Gasteiger partial charge is 0.444 e. The predicted molar refractivity (Wildman–Crippen MR) is 140 cm³/mol. The molecule has 37 heavy (non-hydrogen) atoms. The number of pyridine rings is 3. The van der Waals surface area contributed by atoms with Gasteiger partial charge in [0.05, 0.1) is 17.1 Å². The number of carbonyl (C=O) groups excluding carboxylic acids is 2. The number of piperazine rings is 1. The van der Waals surface area contributed by atoms with Gasteiger partial charge in [0.2, 0.25) is 0 Å². The van der Waals surface area contributed by atoms with Gasteiger partial charge >= 0.3 is 6.09 Å². The normalized spacial score (nSPS) is 16.0. The Morgan fingerprint density at radius 2 is 1.57 bits per heavy atom. The third-order valence-electron chi connectivity index (χ3n) is 5.89. The lowest BCUT2D eigenvalue weighted by atomic mass is 10.0. The first-order valence-corrected chi connectivity index (χ1v) is 12.5. The van der Waals surface area contributed by atoms with Crippen molar-refractivity contribution in [2.24, 2.45) is 0 Å². The third kappa shape index (κ3) is 7.65. The first-order chi connectivity index (χ1) is 17.8. The number of nitrogens with zero attached hydrogens (tertiary/aromatic N) is 5. The highest BCUT2D eigenvalue weighted by molar-refractivity contribution is 6.01. The molecule has 9 heteroatoms. The number of hydrogen-bond donors (Lipinski definition) is 1. The first kappa shape index (κ1) is 26.4. The Balaban J connectivity index is 1.46. The highest BCUT2D eigenvalue weighted by atomic mass is 16.6. The van der Waals surface area contributed by atoms with E-state index in [0.717, 1.165) is 17.1 Å². The second-order valence-corrected chi connectivity index (χ2v) is 10.1. The van der Waals surface area contributed by atoms with Crippen LogP contribution in [0.3, 0.4) is 0 Å². The fourth-order valence-electron chi connectivity index (χ4n) is 4.17. The Hall–Kier alpha value is -3.69. The SMILES string of the molecule is CC(C)(C)OC(=O)N1CCNCC1C(=O)c1ccc(CN(Cc2ccccn2)Cc2ccccn2)nc1. The van der Waals surface area contributed by atoms with Crippen molar-refractivity contribution in [2.45, 2.75) is 52.0 Å². The summed E-state index contributed by atoms with van der Waals surface area (Å²) >= 11 is 0. The van der Waals surface area contributed by atoms with E-state index in [1.54, 1.807) is 24.7 Å². The van der Waals surface area contributed by atoms with E-state index in [1.807, 2.05) is 63.2 Å². The highest BCUT2D eigenvalue weighted by Gasteiger charge is 2.35. The Labute approximate surface area is 217 Å². The van der Waals surface area contributed by atoms with Crippen LogP contribution >= 0.6 is 0 Å². The van der Waals surface area contributed by atoms with Gasteiger partial charge in [-0.3, -0.25) is 29.5 Å². The number of carbonyl (C=O) groups is 2. The molecular weight excluding hydrogens is 468 g/mol. The molecule has 0 saturated carbocycles. The standard InChI is InChI=1S/C28H34N6O3/c1-28(2,3)37-27(36)34-15-14-29-17-25(34)26(35)21-10-11-24(32-16-21)20-33(18-22-8-4-6-12-30-22)19-23-9-5-7-13-31-23/h4-13,16,25,29H,14-15,17-20H2,1-3H3. The molecule has 0 spiro atoms. The summed E-state index contributed by atoms with van der Waals surface area (Å²) in [5.74, 6) is -0.157. The minimum absolute atomic E-state index is 0.157. The maximum atomic E-state index is 13.3. The van der Waals surface area contributed by atoms with Gasteiger partial charge < -0.3 is 10.1 Å². The number of nitrogens with one attached hydrogen (secondary N) is 1. The van der Waals surface area contributed by atoms with E-state index in [9.17, 15) is 9.59 Å². The van der Waals surface area contributed by atoms with Gasteiger partial charge in [-0.25, -0.2) is 4.79 Å². The lowest BCUT2D eigenvalue weighted by molar-refractivity contribution is 0.0125. The molecule has 1 fully saturated rings. The molecule has 0 aromatic carbocycles. The topological polar surface area (TPSA) is 101 Å². The van der Waals surface area contributed by atoms with Crippen LogP contribution < -0.4 is 5.32 Å². The van der Waals surface area contributed by atoms with Gasteiger partial charge in [-0.15, -0.1) is 0 Å². The second-order valence-electron chi connectivity index (χ2n) is 10.1. The monoisotopic (exact) mass is 502 g/mol. The minimum atomic E-state index is -0.638. The number of ketones is 1. The van der Waals surface area contributed by atoms with Gasteiger partial charge in [0, 0.05) is 63.4 Å². The van der Waals surface area contributed by atoms with E-state index in [4.69, 9.17) is 4.74 Å². The lowest BCUT2D eigenvalue weighted by Crippen LogP contribution is -2.57. The van der Waals surface area contributed by atoms with Crippen LogP contribution in [0.5, 0.6) is 0 Å². The molecule has 9 nitrogen and oxygen atoms in total. The van der Waals surface area contributed by atoms with Crippen molar-refractivity contribution in [1.82, 2.24) is 30.1 Å². The van der Waals surface area contributed by atoms with Crippen LogP contribution in [0.25, 0.3) is 0 Å². The van der Waals surface area contributed by atoms with Crippen LogP contribution in [0, 0.1) is 0 Å². The van der Waals surface area contributed by atoms with Crippen molar-refractivity contribution >= 4 is 11.9 Å². The quantitative estimate of drug-likeness (QED) is 0.468. The molecule has 3 aromatic heterocycles. The summed E-state index contributed by atoms with van der Waals surface area (Å²) in [6.45, 7) is 8.69. The molecule has 1 atom stereocenters. The van der Waals surface area contributed by atoms with Crippen LogP contribution in [-0.2, 0) is 24.4 Å². The zero-order chi connectivity index (χ0) is 26.3. The summed E-state index contributed by atoms with van der Waals surface area (Å²) in [6, 6.07) is 14.7. The van der Waals surface area contributed by atoms with Crippen LogP contribution in [0.1, 0.15) is 48.2 Å². The molecule has 4 rings (SSSR count). The van der Waals surface area contributed by atoms with Gasteiger partial charge in [-0.2, -0.15) is 0 Å². The van der Waals surface area contributed by atoms with E-state index in [1.165, 1.54) is 4.90 Å². The predicted octanol–water partition coefficient (Wildman–Crippen LogP) is 3.47. The smallest absolute Gasteiger partial charge is 0.411 e. The summed E-state index contributed by atoms with van der Waals surface area (Å²) in [6.07, 6.45) is 4.69. The minimum Gasteiger partial charge on any atom is -0.444 e. The number of ether oxygens (including phenoxy) is 1. The molecule has 194 valence electrons. The molecule has 4 heterocycles. The third-order valence-corrected chi connectivity index (χ3v) is 5.89. The van der Waals surface area contributed by atoms with Crippen molar-refractivity contribution in [3.63, 3.8) is 0 Å². The molecule has 0 radical (unpaired) electrons. The van der Waals surface area contributed by atoms with Crippen molar-refractivity contribution < 1.29 is 14.3 Å². The molecule has 3 aromatic rings. The van der Waals surface area contributed by atoms with Crippen LogP contribution in [0.2, 0.25) is 0 Å². The maximum Gasteiger partial charge on any atom is 0.411 e. The molecule has 0 aliphatic carbocycles. The number of hydrogen-bond acceptors (Lipinski definition) is 8. The second kappa shape index (κ2) is 12.0. The van der Waals surface area contributed by atoms with Gasteiger partial charge in [-0.1, -0.05) is 12.1 Å². The molecular formula is C28H34N6O3. The average molecular weight is 503 g/mol. The molecule has 1 aliphatic heterocycles. The summed E-state index contributed by atoms with van der Waals surface area (Å²) in [5.41, 5.74) is 2.57. The van der Waals surface area contributed by atoms with Crippen LogP contribution in [-0.4, -0.2) is 67.9 Å². The zero-order valence-corrected chi connectivity index (χ0v) is 21.6. The number of rotatable bonds is 8. The Bertz CT molecular complexity index is 1120. The van der Waals surface area contributed by atoms with Crippen LogP contribution in [0.4, 0.5) is 4.79 Å². The van der Waals surface area contributed by atoms with E-state index in [2.05, 4.69) is 25.2 Å². The van der Waals surface area contributed by atoms with Gasteiger partial charge in [0.15, 0.2) is 5.78 Å². The van der Waals surface area contributed by atoms with Gasteiger partial charge in [0.1, 0.15) is 11.6 Å². The average Bonchev–Trinajstić information content (AvgIpc) is 2.89. The fraction of sp³-hybridized carbons (Fsp3) is 0.393. The lowest BCUT2D eigenvalue weighted by Gasteiger charge is -2.36. The van der Waals surface area contributed by atoms with Crippen molar-refractivity contribution in [1.29, 1.82) is 0 Å². The van der Waals surface area contributed by atoms with Gasteiger partial charge in [-0.05, 0) is 57.2 Å². The van der Waals surface area contributed by atoms with Crippen molar-refractivity contribution in [3.8, 4) is 0 Å². The fourth-order valence-corrected chi connectivity index (χ4v) is 4.17. The maximum absolute atomic E-state index is 13.3. The van der Waals surface area contributed by atoms with E-state index in [-0.39, 0.29) is 5.78 Å². The van der Waals surface area contributed by atoms with E-state index in [0.29, 0.717) is 44.8 Å². The van der Waals surface area contributed by atoms with Crippen LogP contribution in [0.15, 0.2) is 67.1 Å². The first-order valence-electron chi connectivity index (χ1n) is 12.5. The number of aromatic nitrogens is 3. The van der Waals surface area contributed by atoms with Crippen molar-refractivity contribution in [2.75, 3.05) is 19.6 Å². The van der Waals surface area contributed by atoms with E-state index >= 15 is 0 Å². The number of amides is 1. The Kier molecular flexibility index (Phi) is 8.58. The van der Waals surface area contributed by atoms with Crippen molar-refractivity contribution in [3.05, 3.63) is 89.8 Å². The molecule has 1 N–H and O–H groups in total. The Morgan fingerprint density at radius 3 is 2.08 bits per heavy atom. The van der Waals surface area contributed by atoms with E-state index < -0.39 is 17.7 Å². The molecule has 1 amide bonds. The molecule has 1 unspecified atom stereocenters. The Morgan fingerprint density at radius 1 is 0.946 bits per heavy atom. The summed E-state index contributed by atoms with van der Waals surface area (Å²) in [5, 5.41) is 3.21. The summed E-state index contributed by atoms with van der Waals surface area (Å²) < 4.78 is 5.53. The summed E-state index contributed by atoms with van der Waals surface area (Å²) in [4.78, 5) is 43.3. The van der Waals surface area contributed by atoms with Gasteiger partial charge in [0.25, 0.3) is 0 Å². The molecule has 1 aliphatic rings. The molecule has 1 saturated heterocycles. The number of Topliss-reactive ketones (excluding diaryl/α,β-unsaturated/α-hetero) is 1. The summed E-state index contributed by atoms with van der Waals surface area (Å²) in [7, 11) is 0. The molecule has 0 bridgehead atoms. The highest BCUT2D eigenvalue weighted by Crippen LogP contribution is 2.17.